The Morgan fingerprint density at radius 1 is 1.04 bits per heavy atom. The van der Waals surface area contributed by atoms with Gasteiger partial charge in [0.25, 0.3) is 0 Å². The topological polar surface area (TPSA) is 40.7 Å². The minimum atomic E-state index is 0.536. The van der Waals surface area contributed by atoms with E-state index in [-0.39, 0.29) is 0 Å². The maximum absolute atomic E-state index is 4.52. The molecule has 25 heavy (non-hydrogen) atoms. The van der Waals surface area contributed by atoms with E-state index in [1.54, 1.807) is 0 Å². The number of nitrogens with zero attached hydrogens (tertiary/aromatic N) is 1. The van der Waals surface area contributed by atoms with Crippen molar-refractivity contribution in [3.05, 3.63) is 59.4 Å². The number of nitrogens with one attached hydrogen (secondary N) is 2. The lowest BCUT2D eigenvalue weighted by molar-refractivity contribution is 0.463. The largest absolute Gasteiger partial charge is 0.381 e. The summed E-state index contributed by atoms with van der Waals surface area (Å²) in [5, 5.41) is 4.89. The van der Waals surface area contributed by atoms with Crippen molar-refractivity contribution in [1.29, 1.82) is 0 Å². The Hall–Kier alpha value is -2.73. The van der Waals surface area contributed by atoms with Crippen molar-refractivity contribution in [3.63, 3.8) is 0 Å². The predicted molar refractivity (Wildman–Crippen MR) is 104 cm³/mol. The molecule has 1 saturated carbocycles. The number of benzene rings is 1. The van der Waals surface area contributed by atoms with Gasteiger partial charge in [0, 0.05) is 29.4 Å². The lowest BCUT2D eigenvalue weighted by atomic mass is 9.95. The van der Waals surface area contributed by atoms with E-state index in [1.807, 2.05) is 12.4 Å². The fourth-order valence-corrected chi connectivity index (χ4v) is 3.49. The van der Waals surface area contributed by atoms with Crippen molar-refractivity contribution in [2.75, 3.05) is 5.32 Å². The molecule has 3 nitrogen and oxygen atoms in total. The molecule has 0 unspecified atom stereocenters. The molecule has 0 saturated heterocycles. The van der Waals surface area contributed by atoms with E-state index in [0.717, 1.165) is 27.8 Å². The van der Waals surface area contributed by atoms with E-state index in [1.165, 1.54) is 37.7 Å². The highest BCUT2D eigenvalue weighted by molar-refractivity contribution is 5.92. The van der Waals surface area contributed by atoms with Crippen LogP contribution in [0.2, 0.25) is 0 Å². The number of rotatable bonds is 2. The summed E-state index contributed by atoms with van der Waals surface area (Å²) in [6.45, 7) is 2.09. The van der Waals surface area contributed by atoms with Crippen LogP contribution in [0.4, 0.5) is 5.69 Å². The summed E-state index contributed by atoms with van der Waals surface area (Å²) < 4.78 is 0. The number of aryl methyl sites for hydroxylation is 1. The molecule has 0 radical (unpaired) electrons. The van der Waals surface area contributed by atoms with E-state index >= 15 is 0 Å². The zero-order chi connectivity index (χ0) is 17.1. The van der Waals surface area contributed by atoms with Gasteiger partial charge in [-0.25, -0.2) is 4.98 Å². The molecule has 1 aliphatic rings. The van der Waals surface area contributed by atoms with Gasteiger partial charge in [-0.1, -0.05) is 48.8 Å². The van der Waals surface area contributed by atoms with Crippen LogP contribution < -0.4 is 5.32 Å². The third kappa shape index (κ3) is 3.53. The van der Waals surface area contributed by atoms with Gasteiger partial charge >= 0.3 is 0 Å². The summed E-state index contributed by atoms with van der Waals surface area (Å²) in [6.07, 6.45) is 10.3. The Balaban J connectivity index is 1.70. The van der Waals surface area contributed by atoms with E-state index in [0.29, 0.717) is 6.04 Å². The zero-order valence-corrected chi connectivity index (χ0v) is 14.6. The SMILES string of the molecule is Cc1ccc(C#Cc2cnc3[nH]ccc3c2NC2CCCCC2)cc1. The second-order valence-electron chi connectivity index (χ2n) is 6.88. The third-order valence-corrected chi connectivity index (χ3v) is 4.93. The Labute approximate surface area is 148 Å². The maximum Gasteiger partial charge on any atom is 0.139 e. The molecule has 0 amide bonds. The lowest BCUT2D eigenvalue weighted by Gasteiger charge is -2.24. The average Bonchev–Trinajstić information content (AvgIpc) is 3.12. The molecule has 0 spiro atoms. The van der Waals surface area contributed by atoms with Gasteiger partial charge in [-0.2, -0.15) is 0 Å². The van der Waals surface area contributed by atoms with Gasteiger partial charge in [0.15, 0.2) is 0 Å². The van der Waals surface area contributed by atoms with Crippen LogP contribution in [0.5, 0.6) is 0 Å². The van der Waals surface area contributed by atoms with Gasteiger partial charge in [-0.15, -0.1) is 0 Å². The molecular formula is C22H23N3. The highest BCUT2D eigenvalue weighted by Crippen LogP contribution is 2.29. The number of hydrogen-bond donors (Lipinski definition) is 2. The van der Waals surface area contributed by atoms with Gasteiger partial charge < -0.3 is 10.3 Å². The van der Waals surface area contributed by atoms with E-state index in [9.17, 15) is 0 Å². The predicted octanol–water partition coefficient (Wildman–Crippen LogP) is 5.02. The molecular weight excluding hydrogens is 306 g/mol. The first-order valence-corrected chi connectivity index (χ1v) is 9.11. The first kappa shape index (κ1) is 15.8. The van der Waals surface area contributed by atoms with Crippen molar-refractivity contribution in [1.82, 2.24) is 9.97 Å². The molecule has 2 N–H and O–H groups in total. The standard InChI is InChI=1S/C22H23N3/c1-16-7-9-17(10-8-16)11-12-18-15-24-22-20(13-14-23-22)21(18)25-19-5-3-2-4-6-19/h7-10,13-15,19H,2-6H2,1H3,(H2,23,24,25). The maximum atomic E-state index is 4.52. The first-order valence-electron chi connectivity index (χ1n) is 9.11. The summed E-state index contributed by atoms with van der Waals surface area (Å²) >= 11 is 0. The van der Waals surface area contributed by atoms with Crippen LogP contribution in [0.1, 0.15) is 48.8 Å². The highest BCUT2D eigenvalue weighted by atomic mass is 14.9. The quantitative estimate of drug-likeness (QED) is 0.648. The Morgan fingerprint density at radius 3 is 2.64 bits per heavy atom. The summed E-state index contributed by atoms with van der Waals surface area (Å²) in [7, 11) is 0. The fraction of sp³-hybridized carbons (Fsp3) is 0.318. The Kier molecular flexibility index (Phi) is 4.43. The normalized spacial score (nSPS) is 14.9. The summed E-state index contributed by atoms with van der Waals surface area (Å²) in [5.74, 6) is 6.61. The van der Waals surface area contributed by atoms with Crippen LogP contribution >= 0.6 is 0 Å². The second-order valence-corrected chi connectivity index (χ2v) is 6.88. The number of aromatic amines is 1. The van der Waals surface area contributed by atoms with Crippen molar-refractivity contribution < 1.29 is 0 Å². The third-order valence-electron chi connectivity index (χ3n) is 4.93. The molecule has 2 heterocycles. The molecule has 1 aromatic carbocycles. The van der Waals surface area contributed by atoms with Crippen LogP contribution in [0.15, 0.2) is 42.7 Å². The fourth-order valence-electron chi connectivity index (χ4n) is 3.49. The Bertz CT molecular complexity index is 919. The zero-order valence-electron chi connectivity index (χ0n) is 14.6. The molecule has 2 aromatic heterocycles. The molecule has 1 fully saturated rings. The van der Waals surface area contributed by atoms with Crippen LogP contribution in [0, 0.1) is 18.8 Å². The van der Waals surface area contributed by atoms with Gasteiger partial charge in [-0.3, -0.25) is 0 Å². The van der Waals surface area contributed by atoms with E-state index in [4.69, 9.17) is 0 Å². The number of fused-ring (bicyclic) bond motifs is 1. The van der Waals surface area contributed by atoms with E-state index < -0.39 is 0 Å². The van der Waals surface area contributed by atoms with Crippen LogP contribution in [-0.4, -0.2) is 16.0 Å². The van der Waals surface area contributed by atoms with Crippen LogP contribution in [0.3, 0.4) is 0 Å². The van der Waals surface area contributed by atoms with Crippen LogP contribution in [0.25, 0.3) is 11.0 Å². The molecule has 1 aliphatic carbocycles. The van der Waals surface area contributed by atoms with Crippen LogP contribution in [-0.2, 0) is 0 Å². The Morgan fingerprint density at radius 2 is 1.84 bits per heavy atom. The van der Waals surface area contributed by atoms with Crippen molar-refractivity contribution in [3.8, 4) is 11.8 Å². The molecule has 126 valence electrons. The second kappa shape index (κ2) is 7.03. The number of H-pyrrole nitrogens is 1. The number of pyridine rings is 1. The summed E-state index contributed by atoms with van der Waals surface area (Å²) in [6, 6.07) is 11.0. The highest BCUT2D eigenvalue weighted by Gasteiger charge is 2.16. The van der Waals surface area contributed by atoms with Gasteiger partial charge in [-0.05, 0) is 38.0 Å². The van der Waals surface area contributed by atoms with Crippen molar-refractivity contribution in [2.45, 2.75) is 45.1 Å². The van der Waals surface area contributed by atoms with Gasteiger partial charge in [0.05, 0.1) is 11.3 Å². The number of anilines is 1. The number of aromatic nitrogens is 2. The first-order chi connectivity index (χ1) is 12.3. The minimum Gasteiger partial charge on any atom is -0.381 e. The summed E-state index contributed by atoms with van der Waals surface area (Å²) in [4.78, 5) is 7.73. The lowest BCUT2D eigenvalue weighted by Crippen LogP contribution is -2.22. The molecule has 4 rings (SSSR count). The molecule has 3 aromatic rings. The minimum absolute atomic E-state index is 0.536. The van der Waals surface area contributed by atoms with Gasteiger partial charge in [0.1, 0.15) is 5.65 Å². The molecule has 0 bridgehead atoms. The monoisotopic (exact) mass is 329 g/mol. The molecule has 3 heteroatoms. The van der Waals surface area contributed by atoms with Crippen molar-refractivity contribution >= 4 is 16.7 Å². The van der Waals surface area contributed by atoms with Gasteiger partial charge in [0.2, 0.25) is 0 Å². The summed E-state index contributed by atoms with van der Waals surface area (Å²) in [5.41, 5.74) is 5.29. The van der Waals surface area contributed by atoms with Crippen molar-refractivity contribution in [2.24, 2.45) is 0 Å². The average molecular weight is 329 g/mol. The van der Waals surface area contributed by atoms with E-state index in [2.05, 4.69) is 64.4 Å². The molecule has 0 atom stereocenters. The number of hydrogen-bond acceptors (Lipinski definition) is 2. The smallest absolute Gasteiger partial charge is 0.139 e. The molecule has 0 aliphatic heterocycles.